The maximum absolute atomic E-state index is 11.1. The van der Waals surface area contributed by atoms with Crippen LogP contribution in [0.4, 0.5) is 0 Å². The molecule has 4 heteroatoms. The summed E-state index contributed by atoms with van der Waals surface area (Å²) < 4.78 is 0. The molecule has 1 aliphatic rings. The Bertz CT molecular complexity index is 411. The van der Waals surface area contributed by atoms with E-state index in [1.54, 1.807) is 0 Å². The minimum atomic E-state index is -1.03. The van der Waals surface area contributed by atoms with Crippen molar-refractivity contribution in [2.75, 3.05) is 13.1 Å². The molecule has 0 amide bonds. The summed E-state index contributed by atoms with van der Waals surface area (Å²) in [5.74, 6) is -0.880. The van der Waals surface area contributed by atoms with E-state index in [0.29, 0.717) is 18.9 Å². The van der Waals surface area contributed by atoms with Crippen LogP contribution in [0.2, 0.25) is 0 Å². The molecule has 0 radical (unpaired) electrons. The number of likely N-dealkylation sites (tertiary alicyclic amines) is 1. The summed E-state index contributed by atoms with van der Waals surface area (Å²) in [4.78, 5) is 13.4. The van der Waals surface area contributed by atoms with Crippen molar-refractivity contribution < 1.29 is 9.90 Å². The van der Waals surface area contributed by atoms with Gasteiger partial charge in [0, 0.05) is 19.1 Å². The van der Waals surface area contributed by atoms with Crippen LogP contribution in [-0.2, 0) is 4.79 Å². The molecule has 1 saturated heterocycles. The van der Waals surface area contributed by atoms with Crippen molar-refractivity contribution in [3.8, 4) is 0 Å². The summed E-state index contributed by atoms with van der Waals surface area (Å²) >= 11 is 0. The van der Waals surface area contributed by atoms with Gasteiger partial charge in [0.05, 0.1) is 0 Å². The van der Waals surface area contributed by atoms with Crippen LogP contribution in [0.25, 0.3) is 0 Å². The Morgan fingerprint density at radius 2 is 1.89 bits per heavy atom. The van der Waals surface area contributed by atoms with E-state index in [1.165, 1.54) is 5.56 Å². The first-order valence-corrected chi connectivity index (χ1v) is 6.34. The van der Waals surface area contributed by atoms with Crippen LogP contribution in [0.5, 0.6) is 0 Å². The highest BCUT2D eigenvalue weighted by atomic mass is 16.4. The van der Waals surface area contributed by atoms with Crippen molar-refractivity contribution in [2.45, 2.75) is 31.3 Å². The van der Waals surface area contributed by atoms with Crippen molar-refractivity contribution in [1.29, 1.82) is 0 Å². The Balaban J connectivity index is 2.00. The SMILES string of the molecule is CC(c1ccccc1)N1CCC(N)(C(=O)O)CC1. The molecule has 1 fully saturated rings. The Morgan fingerprint density at radius 1 is 1.33 bits per heavy atom. The third kappa shape index (κ3) is 2.54. The van der Waals surface area contributed by atoms with Gasteiger partial charge in [-0.25, -0.2) is 0 Å². The molecule has 2 rings (SSSR count). The van der Waals surface area contributed by atoms with Gasteiger partial charge in [-0.3, -0.25) is 9.69 Å². The van der Waals surface area contributed by atoms with Crippen LogP contribution in [0, 0.1) is 0 Å². The smallest absolute Gasteiger partial charge is 0.323 e. The molecular weight excluding hydrogens is 228 g/mol. The first-order chi connectivity index (χ1) is 8.53. The van der Waals surface area contributed by atoms with Crippen LogP contribution >= 0.6 is 0 Å². The first-order valence-electron chi connectivity index (χ1n) is 6.34. The van der Waals surface area contributed by atoms with Gasteiger partial charge in [-0.15, -0.1) is 0 Å². The number of rotatable bonds is 3. The van der Waals surface area contributed by atoms with Crippen molar-refractivity contribution in [3.63, 3.8) is 0 Å². The topological polar surface area (TPSA) is 66.6 Å². The zero-order chi connectivity index (χ0) is 13.2. The molecule has 1 aromatic rings. The molecule has 0 spiro atoms. The molecule has 4 nitrogen and oxygen atoms in total. The molecule has 18 heavy (non-hydrogen) atoms. The number of hydrogen-bond acceptors (Lipinski definition) is 3. The Labute approximate surface area is 107 Å². The lowest BCUT2D eigenvalue weighted by Crippen LogP contribution is -2.55. The standard InChI is InChI=1S/C14H20N2O2/c1-11(12-5-3-2-4-6-12)16-9-7-14(15,8-10-16)13(17)18/h2-6,11H,7-10,15H2,1H3,(H,17,18). The molecule has 0 aromatic heterocycles. The largest absolute Gasteiger partial charge is 0.480 e. The van der Waals surface area contributed by atoms with E-state index in [1.807, 2.05) is 18.2 Å². The third-order valence-corrected chi connectivity index (χ3v) is 3.95. The number of nitrogens with zero attached hydrogens (tertiary/aromatic N) is 1. The zero-order valence-corrected chi connectivity index (χ0v) is 10.7. The Morgan fingerprint density at radius 3 is 2.39 bits per heavy atom. The number of nitrogens with two attached hydrogens (primary N) is 1. The average Bonchev–Trinajstić information content (AvgIpc) is 2.40. The molecule has 3 N–H and O–H groups in total. The molecule has 1 heterocycles. The molecule has 1 aliphatic heterocycles. The minimum Gasteiger partial charge on any atom is -0.480 e. The lowest BCUT2D eigenvalue weighted by Gasteiger charge is -2.39. The minimum absolute atomic E-state index is 0.310. The molecule has 0 bridgehead atoms. The average molecular weight is 248 g/mol. The van der Waals surface area contributed by atoms with Crippen LogP contribution in [-0.4, -0.2) is 34.6 Å². The summed E-state index contributed by atoms with van der Waals surface area (Å²) in [6.45, 7) is 3.62. The maximum atomic E-state index is 11.1. The van der Waals surface area contributed by atoms with E-state index in [0.717, 1.165) is 13.1 Å². The molecule has 1 unspecified atom stereocenters. The van der Waals surface area contributed by atoms with E-state index in [9.17, 15) is 4.79 Å². The molecule has 98 valence electrons. The summed E-state index contributed by atoms with van der Waals surface area (Å²) in [7, 11) is 0. The van der Waals surface area contributed by atoms with Crippen LogP contribution < -0.4 is 5.73 Å². The number of carbonyl (C=O) groups is 1. The molecule has 1 aromatic carbocycles. The number of piperidine rings is 1. The van der Waals surface area contributed by atoms with Gasteiger partial charge in [-0.2, -0.15) is 0 Å². The second-order valence-electron chi connectivity index (χ2n) is 5.08. The lowest BCUT2D eigenvalue weighted by atomic mass is 9.87. The van der Waals surface area contributed by atoms with Crippen LogP contribution in [0.15, 0.2) is 30.3 Å². The van der Waals surface area contributed by atoms with E-state index >= 15 is 0 Å². The second kappa shape index (κ2) is 5.08. The molecule has 1 atom stereocenters. The monoisotopic (exact) mass is 248 g/mol. The normalized spacial score (nSPS) is 21.4. The summed E-state index contributed by atoms with van der Waals surface area (Å²) in [5.41, 5.74) is 6.10. The fraction of sp³-hybridized carbons (Fsp3) is 0.500. The lowest BCUT2D eigenvalue weighted by molar-refractivity contribution is -0.145. The van der Waals surface area contributed by atoms with Crippen LogP contribution in [0.1, 0.15) is 31.4 Å². The summed E-state index contributed by atoms with van der Waals surface area (Å²) in [6.07, 6.45) is 1.03. The fourth-order valence-corrected chi connectivity index (χ4v) is 2.47. The highest BCUT2D eigenvalue weighted by Crippen LogP contribution is 2.27. The van der Waals surface area contributed by atoms with E-state index in [4.69, 9.17) is 10.8 Å². The van der Waals surface area contributed by atoms with E-state index in [2.05, 4.69) is 24.0 Å². The number of carboxylic acids is 1. The number of aliphatic carboxylic acids is 1. The van der Waals surface area contributed by atoms with Gasteiger partial charge in [0.2, 0.25) is 0 Å². The van der Waals surface area contributed by atoms with Gasteiger partial charge in [-0.1, -0.05) is 30.3 Å². The van der Waals surface area contributed by atoms with E-state index < -0.39 is 11.5 Å². The number of hydrogen-bond donors (Lipinski definition) is 2. The van der Waals surface area contributed by atoms with Gasteiger partial charge in [0.1, 0.15) is 5.54 Å². The third-order valence-electron chi connectivity index (χ3n) is 3.95. The number of carboxylic acid groups (broad SMARTS) is 1. The molecular formula is C14H20N2O2. The quantitative estimate of drug-likeness (QED) is 0.853. The van der Waals surface area contributed by atoms with Crippen molar-refractivity contribution in [1.82, 2.24) is 4.90 Å². The second-order valence-corrected chi connectivity index (χ2v) is 5.08. The van der Waals surface area contributed by atoms with Crippen molar-refractivity contribution in [3.05, 3.63) is 35.9 Å². The Kier molecular flexibility index (Phi) is 3.68. The molecule has 0 aliphatic carbocycles. The predicted octanol–water partition coefficient (Wildman–Crippen LogP) is 1.63. The van der Waals surface area contributed by atoms with Crippen molar-refractivity contribution in [2.24, 2.45) is 5.73 Å². The first kappa shape index (κ1) is 13.1. The fourth-order valence-electron chi connectivity index (χ4n) is 2.47. The van der Waals surface area contributed by atoms with Gasteiger partial charge in [-0.05, 0) is 25.3 Å². The van der Waals surface area contributed by atoms with E-state index in [-0.39, 0.29) is 0 Å². The van der Waals surface area contributed by atoms with Gasteiger partial charge < -0.3 is 10.8 Å². The van der Waals surface area contributed by atoms with Gasteiger partial charge in [0.25, 0.3) is 0 Å². The van der Waals surface area contributed by atoms with Crippen LogP contribution in [0.3, 0.4) is 0 Å². The molecule has 0 saturated carbocycles. The highest BCUT2D eigenvalue weighted by molar-refractivity contribution is 5.78. The Hall–Kier alpha value is -1.39. The predicted molar refractivity (Wildman–Crippen MR) is 70.2 cm³/mol. The highest BCUT2D eigenvalue weighted by Gasteiger charge is 2.38. The summed E-state index contributed by atoms with van der Waals surface area (Å²) in [5, 5.41) is 9.10. The number of benzene rings is 1. The van der Waals surface area contributed by atoms with Gasteiger partial charge in [0.15, 0.2) is 0 Å². The van der Waals surface area contributed by atoms with Gasteiger partial charge >= 0.3 is 5.97 Å². The van der Waals surface area contributed by atoms with Crippen molar-refractivity contribution >= 4 is 5.97 Å². The zero-order valence-electron chi connectivity index (χ0n) is 10.7. The maximum Gasteiger partial charge on any atom is 0.323 e. The summed E-state index contributed by atoms with van der Waals surface area (Å²) in [6, 6.07) is 10.6.